The molecule has 1 aromatic carbocycles. The minimum atomic E-state index is -1.71. The normalized spacial score (nSPS) is 15.4. The van der Waals surface area contributed by atoms with Gasteiger partial charge in [-0.2, -0.15) is 0 Å². The highest BCUT2D eigenvalue weighted by molar-refractivity contribution is 5.76. The lowest BCUT2D eigenvalue weighted by Crippen LogP contribution is -2.37. The summed E-state index contributed by atoms with van der Waals surface area (Å²) in [7, 11) is 0. The molecular weight excluding hydrogens is 216 g/mol. The Morgan fingerprint density at radius 1 is 1.12 bits per heavy atom. The van der Waals surface area contributed by atoms with E-state index in [1.165, 1.54) is 12.5 Å². The zero-order chi connectivity index (χ0) is 13.3. The van der Waals surface area contributed by atoms with Gasteiger partial charge in [0.15, 0.2) is 5.60 Å². The van der Waals surface area contributed by atoms with E-state index in [0.29, 0.717) is 0 Å². The maximum atomic E-state index is 10.8. The van der Waals surface area contributed by atoms with E-state index in [1.807, 2.05) is 24.3 Å². The van der Waals surface area contributed by atoms with Gasteiger partial charge in [0.05, 0.1) is 0 Å². The van der Waals surface area contributed by atoms with E-state index in [4.69, 9.17) is 5.11 Å². The van der Waals surface area contributed by atoms with Crippen LogP contribution in [0.25, 0.3) is 0 Å². The molecular formula is C14H20O3. The lowest BCUT2D eigenvalue weighted by atomic mass is 9.86. The zero-order valence-electron chi connectivity index (χ0n) is 10.8. The summed E-state index contributed by atoms with van der Waals surface area (Å²) in [6.45, 7) is 7.67. The van der Waals surface area contributed by atoms with Crippen LogP contribution in [-0.4, -0.2) is 21.8 Å². The van der Waals surface area contributed by atoms with Gasteiger partial charge in [-0.15, -0.1) is 0 Å². The van der Waals surface area contributed by atoms with E-state index in [1.54, 1.807) is 0 Å². The molecule has 0 bridgehead atoms. The van der Waals surface area contributed by atoms with Crippen molar-refractivity contribution in [2.45, 2.75) is 45.1 Å². The molecule has 0 fully saturated rings. The van der Waals surface area contributed by atoms with Crippen LogP contribution in [0.4, 0.5) is 0 Å². The molecule has 0 aromatic heterocycles. The summed E-state index contributed by atoms with van der Waals surface area (Å²) in [5, 5.41) is 18.5. The largest absolute Gasteiger partial charge is 0.479 e. The van der Waals surface area contributed by atoms with E-state index in [-0.39, 0.29) is 11.8 Å². The van der Waals surface area contributed by atoms with Gasteiger partial charge in [-0.1, -0.05) is 45.0 Å². The van der Waals surface area contributed by atoms with E-state index < -0.39 is 11.6 Å². The van der Waals surface area contributed by atoms with Gasteiger partial charge >= 0.3 is 5.97 Å². The number of rotatable bonds is 3. The van der Waals surface area contributed by atoms with Crippen molar-refractivity contribution >= 4 is 5.97 Å². The number of hydrogen-bond acceptors (Lipinski definition) is 2. The molecule has 17 heavy (non-hydrogen) atoms. The lowest BCUT2D eigenvalue weighted by Gasteiger charge is -2.21. The van der Waals surface area contributed by atoms with E-state index >= 15 is 0 Å². The summed E-state index contributed by atoms with van der Waals surface area (Å²) >= 11 is 0. The molecule has 3 nitrogen and oxygen atoms in total. The van der Waals surface area contributed by atoms with Crippen LogP contribution in [0.15, 0.2) is 24.3 Å². The molecule has 1 aromatic rings. The predicted octanol–water partition coefficient (Wildman–Crippen LogP) is 2.36. The van der Waals surface area contributed by atoms with Gasteiger partial charge in [-0.25, -0.2) is 4.79 Å². The number of hydrogen-bond donors (Lipinski definition) is 2. The highest BCUT2D eigenvalue weighted by Crippen LogP contribution is 2.23. The Labute approximate surface area is 102 Å². The molecule has 0 amide bonds. The fraction of sp³-hybridized carbons (Fsp3) is 0.500. The maximum Gasteiger partial charge on any atom is 0.335 e. The third-order valence-corrected chi connectivity index (χ3v) is 2.83. The summed E-state index contributed by atoms with van der Waals surface area (Å²) in [6, 6.07) is 7.70. The number of carbonyl (C=O) groups is 1. The van der Waals surface area contributed by atoms with Crippen molar-refractivity contribution in [1.82, 2.24) is 0 Å². The standard InChI is InChI=1S/C14H20O3/c1-13(2,3)11-7-5-10(6-8-11)9-14(4,17)12(15)16/h5-8,17H,9H2,1-4H3,(H,15,16). The molecule has 0 saturated carbocycles. The molecule has 3 heteroatoms. The Balaban J connectivity index is 2.86. The average molecular weight is 236 g/mol. The van der Waals surface area contributed by atoms with Crippen LogP contribution in [-0.2, 0) is 16.6 Å². The van der Waals surface area contributed by atoms with Crippen LogP contribution in [0.3, 0.4) is 0 Å². The third kappa shape index (κ3) is 3.56. The maximum absolute atomic E-state index is 10.8. The Morgan fingerprint density at radius 2 is 1.59 bits per heavy atom. The minimum absolute atomic E-state index is 0.0772. The van der Waals surface area contributed by atoms with E-state index in [0.717, 1.165) is 5.56 Å². The van der Waals surface area contributed by atoms with Gasteiger partial charge in [0, 0.05) is 6.42 Å². The van der Waals surface area contributed by atoms with Crippen molar-refractivity contribution in [2.24, 2.45) is 0 Å². The quantitative estimate of drug-likeness (QED) is 0.847. The molecule has 0 aliphatic heterocycles. The second-order valence-corrected chi connectivity index (χ2v) is 5.70. The van der Waals surface area contributed by atoms with E-state index in [2.05, 4.69) is 20.8 Å². The van der Waals surface area contributed by atoms with Gasteiger partial charge in [-0.05, 0) is 23.5 Å². The number of carboxylic acid groups (broad SMARTS) is 1. The van der Waals surface area contributed by atoms with Crippen molar-refractivity contribution in [2.75, 3.05) is 0 Å². The number of benzene rings is 1. The van der Waals surface area contributed by atoms with Gasteiger partial charge in [-0.3, -0.25) is 0 Å². The Bertz CT molecular complexity index is 396. The van der Waals surface area contributed by atoms with Crippen molar-refractivity contribution < 1.29 is 15.0 Å². The number of aliphatic hydroxyl groups is 1. The molecule has 94 valence electrons. The van der Waals surface area contributed by atoms with Crippen LogP contribution in [0.1, 0.15) is 38.8 Å². The lowest BCUT2D eigenvalue weighted by molar-refractivity contribution is -0.156. The average Bonchev–Trinajstić information content (AvgIpc) is 2.16. The SMILES string of the molecule is CC(O)(Cc1ccc(C(C)(C)C)cc1)C(=O)O. The van der Waals surface area contributed by atoms with Gasteiger partial charge in [0.2, 0.25) is 0 Å². The third-order valence-electron chi connectivity index (χ3n) is 2.83. The van der Waals surface area contributed by atoms with Crippen molar-refractivity contribution in [3.05, 3.63) is 35.4 Å². The van der Waals surface area contributed by atoms with Crippen molar-refractivity contribution in [3.63, 3.8) is 0 Å². The molecule has 0 spiro atoms. The van der Waals surface area contributed by atoms with Crippen LogP contribution >= 0.6 is 0 Å². The Morgan fingerprint density at radius 3 is 1.94 bits per heavy atom. The van der Waals surface area contributed by atoms with Crippen LogP contribution < -0.4 is 0 Å². The van der Waals surface area contributed by atoms with Gasteiger partial charge in [0.1, 0.15) is 0 Å². The van der Waals surface area contributed by atoms with E-state index in [9.17, 15) is 9.90 Å². The fourth-order valence-corrected chi connectivity index (χ4v) is 1.60. The highest BCUT2D eigenvalue weighted by Gasteiger charge is 2.30. The first-order valence-electron chi connectivity index (χ1n) is 5.68. The summed E-state index contributed by atoms with van der Waals surface area (Å²) in [5.74, 6) is -1.20. The summed E-state index contributed by atoms with van der Waals surface area (Å²) in [4.78, 5) is 10.8. The first-order chi connectivity index (χ1) is 7.63. The fourth-order valence-electron chi connectivity index (χ4n) is 1.60. The highest BCUT2D eigenvalue weighted by atomic mass is 16.4. The minimum Gasteiger partial charge on any atom is -0.479 e. The smallest absolute Gasteiger partial charge is 0.335 e. The summed E-state index contributed by atoms with van der Waals surface area (Å²) in [6.07, 6.45) is 0.118. The molecule has 0 radical (unpaired) electrons. The van der Waals surface area contributed by atoms with Crippen molar-refractivity contribution in [3.8, 4) is 0 Å². The Kier molecular flexibility index (Phi) is 3.62. The zero-order valence-corrected chi connectivity index (χ0v) is 10.8. The van der Waals surface area contributed by atoms with Crippen LogP contribution in [0, 0.1) is 0 Å². The predicted molar refractivity (Wildman–Crippen MR) is 67.1 cm³/mol. The van der Waals surface area contributed by atoms with Crippen LogP contribution in [0.2, 0.25) is 0 Å². The van der Waals surface area contributed by atoms with Crippen molar-refractivity contribution in [1.29, 1.82) is 0 Å². The van der Waals surface area contributed by atoms with Gasteiger partial charge in [0.25, 0.3) is 0 Å². The molecule has 1 atom stereocenters. The second-order valence-electron chi connectivity index (χ2n) is 5.70. The van der Waals surface area contributed by atoms with Gasteiger partial charge < -0.3 is 10.2 Å². The molecule has 0 aliphatic carbocycles. The first kappa shape index (κ1) is 13.7. The molecule has 0 aliphatic rings. The molecule has 0 saturated heterocycles. The number of aliphatic carboxylic acids is 1. The summed E-state index contributed by atoms with van der Waals surface area (Å²) in [5.41, 5.74) is 0.388. The molecule has 1 rings (SSSR count). The second kappa shape index (κ2) is 4.49. The molecule has 2 N–H and O–H groups in total. The molecule has 0 heterocycles. The van der Waals surface area contributed by atoms with Crippen LogP contribution in [0.5, 0.6) is 0 Å². The topological polar surface area (TPSA) is 57.5 Å². The molecule has 1 unspecified atom stereocenters. The number of carboxylic acids is 1. The monoisotopic (exact) mass is 236 g/mol. The first-order valence-corrected chi connectivity index (χ1v) is 5.68. The summed E-state index contributed by atoms with van der Waals surface area (Å²) < 4.78 is 0. The Hall–Kier alpha value is -1.35.